The van der Waals surface area contributed by atoms with Crippen molar-refractivity contribution in [3.63, 3.8) is 0 Å². The van der Waals surface area contributed by atoms with E-state index in [-0.39, 0.29) is 36.1 Å². The summed E-state index contributed by atoms with van der Waals surface area (Å²) in [4.78, 5) is 61.1. The molecule has 0 saturated carbocycles. The number of carbonyl (C=O) groups excluding carboxylic acids is 4. The molecular weight excluding hydrogens is 634 g/mol. The van der Waals surface area contributed by atoms with Crippen LogP contribution in [0.5, 0.6) is 0 Å². The first-order chi connectivity index (χ1) is 24.4. The first-order valence-electron chi connectivity index (χ1n) is 17.5. The summed E-state index contributed by atoms with van der Waals surface area (Å²) in [6.45, 7) is 3.04. The van der Waals surface area contributed by atoms with Gasteiger partial charge in [-0.25, -0.2) is 14.4 Å². The Balaban J connectivity index is 0.919. The van der Waals surface area contributed by atoms with Crippen LogP contribution in [0.3, 0.4) is 0 Å². The number of hydrogen-bond donors (Lipinski definition) is 4. The van der Waals surface area contributed by atoms with Gasteiger partial charge in [0.25, 0.3) is 0 Å². The second-order valence-corrected chi connectivity index (χ2v) is 13.7. The molecule has 13 heteroatoms. The Morgan fingerprint density at radius 2 is 1.32 bits per heavy atom. The van der Waals surface area contributed by atoms with Crippen molar-refractivity contribution < 1.29 is 19.2 Å². The molecular formula is C37H41N9O4. The third-order valence-corrected chi connectivity index (χ3v) is 10.7. The highest BCUT2D eigenvalue weighted by Gasteiger charge is 2.37. The van der Waals surface area contributed by atoms with Gasteiger partial charge in [0.2, 0.25) is 5.91 Å². The van der Waals surface area contributed by atoms with E-state index in [0.717, 1.165) is 39.0 Å². The Morgan fingerprint density at radius 1 is 0.760 bits per heavy atom. The molecule has 7 amide bonds. The Hall–Kier alpha value is -5.59. The largest absolute Gasteiger partial charge is 0.341 e. The summed E-state index contributed by atoms with van der Waals surface area (Å²) in [5, 5.41) is 17.1. The third kappa shape index (κ3) is 6.30. The lowest BCUT2D eigenvalue weighted by molar-refractivity contribution is -0.134. The number of nitrogens with one attached hydrogen (secondary N) is 4. The van der Waals surface area contributed by atoms with Crippen LogP contribution < -0.4 is 16.0 Å². The van der Waals surface area contributed by atoms with Gasteiger partial charge in [0.1, 0.15) is 6.04 Å². The number of amides is 7. The normalized spacial score (nSPS) is 19.0. The van der Waals surface area contributed by atoms with Crippen LogP contribution in [0.25, 0.3) is 10.9 Å². The molecule has 0 aliphatic carbocycles. The predicted molar refractivity (Wildman–Crippen MR) is 188 cm³/mol. The number of carbonyl (C=O) groups is 4. The number of rotatable bonds is 6. The summed E-state index contributed by atoms with van der Waals surface area (Å²) >= 11 is 0. The fourth-order valence-electron chi connectivity index (χ4n) is 7.83. The number of urea groups is 3. The highest BCUT2D eigenvalue weighted by Crippen LogP contribution is 2.29. The molecule has 0 spiro atoms. The van der Waals surface area contributed by atoms with Crippen LogP contribution >= 0.6 is 0 Å². The second-order valence-electron chi connectivity index (χ2n) is 13.7. The zero-order valence-electron chi connectivity index (χ0n) is 27.8. The molecule has 1 aromatic heterocycles. The molecule has 4 N–H and O–H groups in total. The lowest BCUT2D eigenvalue weighted by Crippen LogP contribution is -2.58. The molecule has 1 atom stereocenters. The molecule has 2 fully saturated rings. The minimum absolute atomic E-state index is 0.0145. The Bertz CT molecular complexity index is 1930. The number of anilines is 2. The van der Waals surface area contributed by atoms with E-state index in [0.29, 0.717) is 71.4 Å². The van der Waals surface area contributed by atoms with E-state index < -0.39 is 6.04 Å². The van der Waals surface area contributed by atoms with Gasteiger partial charge in [-0.1, -0.05) is 42.5 Å². The van der Waals surface area contributed by atoms with Crippen molar-refractivity contribution in [1.82, 2.24) is 35.1 Å². The lowest BCUT2D eigenvalue weighted by atomic mass is 9.98. The SMILES string of the molecule is O=C(NC(Cc1ccc2[nH]ncc2c1)C(=O)N1CCC(N2Cc3ccccc3NC2=O)CC1)N1CCC(N2Cc3ccccc3NC2=O)CC1. The maximum Gasteiger partial charge on any atom is 0.322 e. The summed E-state index contributed by atoms with van der Waals surface area (Å²) < 4.78 is 0. The zero-order chi connectivity index (χ0) is 34.2. The van der Waals surface area contributed by atoms with Crippen LogP contribution in [0, 0.1) is 0 Å². The molecule has 3 aromatic carbocycles. The van der Waals surface area contributed by atoms with Crippen LogP contribution in [0.1, 0.15) is 42.4 Å². The molecule has 1 unspecified atom stereocenters. The van der Waals surface area contributed by atoms with Crippen LogP contribution in [0.4, 0.5) is 25.8 Å². The summed E-state index contributed by atoms with van der Waals surface area (Å²) in [6, 6.07) is 20.3. The average Bonchev–Trinajstić information content (AvgIpc) is 3.62. The van der Waals surface area contributed by atoms with Crippen LogP contribution in [0.2, 0.25) is 0 Å². The molecule has 0 bridgehead atoms. The highest BCUT2D eigenvalue weighted by molar-refractivity contribution is 5.93. The van der Waals surface area contributed by atoms with E-state index >= 15 is 0 Å². The van der Waals surface area contributed by atoms with Gasteiger partial charge in [-0.05, 0) is 66.6 Å². The predicted octanol–water partition coefficient (Wildman–Crippen LogP) is 4.73. The number of para-hydroxylation sites is 2. The van der Waals surface area contributed by atoms with Crippen LogP contribution in [-0.2, 0) is 24.3 Å². The topological polar surface area (TPSA) is 146 Å². The van der Waals surface area contributed by atoms with Gasteiger partial charge in [-0.3, -0.25) is 9.89 Å². The minimum atomic E-state index is -0.768. The number of aromatic nitrogens is 2. The second kappa shape index (κ2) is 13.4. The smallest absolute Gasteiger partial charge is 0.322 e. The van der Waals surface area contributed by atoms with Crippen molar-refractivity contribution >= 4 is 46.3 Å². The van der Waals surface area contributed by atoms with E-state index in [1.807, 2.05) is 81.4 Å². The first-order valence-corrected chi connectivity index (χ1v) is 17.5. The summed E-state index contributed by atoms with van der Waals surface area (Å²) in [5.74, 6) is -0.129. The van der Waals surface area contributed by atoms with Crippen LogP contribution in [0.15, 0.2) is 72.9 Å². The fourth-order valence-corrected chi connectivity index (χ4v) is 7.83. The molecule has 4 aliphatic rings. The number of nitrogens with zero attached hydrogens (tertiary/aromatic N) is 5. The van der Waals surface area contributed by atoms with Crippen molar-refractivity contribution in [2.24, 2.45) is 0 Å². The van der Waals surface area contributed by atoms with Gasteiger partial charge in [-0.2, -0.15) is 5.10 Å². The standard InChI is InChI=1S/C37H41N9O4/c47-34(43-15-11-28(12-16-43)45-22-25-5-1-3-7-30(25)39-36(45)49)33(20-24-9-10-32-27(19-24)21-38-42-32)41-35(48)44-17-13-29(14-18-44)46-23-26-6-2-4-8-31(26)40-37(46)50/h1-10,19,21,28-29,33H,11-18,20,22-23H2,(H,38,42)(H,39,49)(H,40,50)(H,41,48). The number of piperidine rings is 2. The van der Waals surface area contributed by atoms with E-state index in [2.05, 4.69) is 26.1 Å². The van der Waals surface area contributed by atoms with Crippen molar-refractivity contribution in [1.29, 1.82) is 0 Å². The third-order valence-electron chi connectivity index (χ3n) is 10.7. The quantitative estimate of drug-likeness (QED) is 0.234. The van der Waals surface area contributed by atoms with Crippen molar-refractivity contribution in [3.05, 3.63) is 89.6 Å². The number of benzene rings is 3. The van der Waals surface area contributed by atoms with Gasteiger partial charge in [0, 0.05) is 74.5 Å². The molecule has 4 aromatic rings. The maximum atomic E-state index is 14.2. The van der Waals surface area contributed by atoms with Gasteiger partial charge >= 0.3 is 18.1 Å². The number of fused-ring (bicyclic) bond motifs is 3. The number of likely N-dealkylation sites (tertiary alicyclic amines) is 2. The summed E-state index contributed by atoms with van der Waals surface area (Å²) in [7, 11) is 0. The van der Waals surface area contributed by atoms with Crippen molar-refractivity contribution in [2.75, 3.05) is 36.8 Å². The Labute approximate surface area is 290 Å². The van der Waals surface area contributed by atoms with E-state index in [1.54, 1.807) is 11.1 Å². The highest BCUT2D eigenvalue weighted by atomic mass is 16.2. The van der Waals surface area contributed by atoms with Crippen LogP contribution in [-0.4, -0.2) is 98.1 Å². The summed E-state index contributed by atoms with van der Waals surface area (Å²) in [6.07, 6.45) is 4.71. The van der Waals surface area contributed by atoms with Crippen molar-refractivity contribution in [2.45, 2.75) is 63.3 Å². The van der Waals surface area contributed by atoms with E-state index in [4.69, 9.17) is 0 Å². The molecule has 0 radical (unpaired) electrons. The molecule has 4 aliphatic heterocycles. The first kappa shape index (κ1) is 31.7. The van der Waals surface area contributed by atoms with E-state index in [9.17, 15) is 19.2 Å². The van der Waals surface area contributed by atoms with Gasteiger partial charge in [-0.15, -0.1) is 0 Å². The lowest BCUT2D eigenvalue weighted by Gasteiger charge is -2.42. The minimum Gasteiger partial charge on any atom is -0.341 e. The number of aromatic amines is 1. The monoisotopic (exact) mass is 675 g/mol. The van der Waals surface area contributed by atoms with E-state index in [1.165, 1.54) is 0 Å². The zero-order valence-corrected chi connectivity index (χ0v) is 27.8. The maximum absolute atomic E-state index is 14.2. The molecule has 2 saturated heterocycles. The molecule has 5 heterocycles. The Kier molecular flexibility index (Phi) is 8.47. The van der Waals surface area contributed by atoms with Gasteiger partial charge in [0.05, 0.1) is 11.7 Å². The fraction of sp³-hybridized carbons (Fsp3) is 0.378. The van der Waals surface area contributed by atoms with Crippen molar-refractivity contribution in [3.8, 4) is 0 Å². The number of H-pyrrole nitrogens is 1. The molecule has 258 valence electrons. The average molecular weight is 676 g/mol. The number of hydrogen-bond acceptors (Lipinski definition) is 5. The molecule has 8 rings (SSSR count). The molecule has 13 nitrogen and oxygen atoms in total. The Morgan fingerprint density at radius 3 is 1.92 bits per heavy atom. The van der Waals surface area contributed by atoms with Gasteiger partial charge in [0.15, 0.2) is 0 Å². The molecule has 50 heavy (non-hydrogen) atoms. The van der Waals surface area contributed by atoms with Gasteiger partial charge < -0.3 is 35.6 Å². The summed E-state index contributed by atoms with van der Waals surface area (Å²) in [5.41, 5.74) is 5.68.